The van der Waals surface area contributed by atoms with Gasteiger partial charge in [-0.15, -0.1) is 15.3 Å². The second-order valence-electron chi connectivity index (χ2n) is 1.62. The summed E-state index contributed by atoms with van der Waals surface area (Å²) in [5.74, 6) is 0. The Morgan fingerprint density at radius 2 is 2.10 bits per heavy atom. The summed E-state index contributed by atoms with van der Waals surface area (Å²) in [6, 6.07) is 2.76. The Bertz CT molecular complexity index is 281. The minimum atomic E-state index is 0.421. The van der Waals surface area contributed by atoms with Gasteiger partial charge < -0.3 is 0 Å². The summed E-state index contributed by atoms with van der Waals surface area (Å²) in [6.07, 6.45) is 2.79. The molecule has 0 atom stereocenters. The standard InChI is InChI=1S/C5H2N5/c1-2-7-9-5-4(1)6-3-8-10-5/h2-3H. The van der Waals surface area contributed by atoms with Gasteiger partial charge in [-0.1, -0.05) is 0 Å². The molecule has 0 spiro atoms. The maximum Gasteiger partial charge on any atom is 0.222 e. The van der Waals surface area contributed by atoms with Gasteiger partial charge in [0.05, 0.1) is 6.20 Å². The van der Waals surface area contributed by atoms with Gasteiger partial charge in [0, 0.05) is 6.07 Å². The van der Waals surface area contributed by atoms with Crippen molar-refractivity contribution < 1.29 is 0 Å². The van der Waals surface area contributed by atoms with Crippen LogP contribution in [0.2, 0.25) is 0 Å². The number of nitrogens with zero attached hydrogens (tertiary/aromatic N) is 5. The fourth-order valence-corrected chi connectivity index (χ4v) is 0.612. The second-order valence-corrected chi connectivity index (χ2v) is 1.62. The summed E-state index contributed by atoms with van der Waals surface area (Å²) in [6.45, 7) is 0. The average Bonchev–Trinajstić information content (AvgIpc) is 2.05. The Labute approximate surface area is 56.1 Å². The summed E-state index contributed by atoms with van der Waals surface area (Å²) in [5, 5.41) is 14.4. The predicted octanol–water partition coefficient (Wildman–Crippen LogP) is -0.385. The van der Waals surface area contributed by atoms with Crippen LogP contribution in [-0.2, 0) is 0 Å². The molecule has 0 aliphatic carbocycles. The first-order valence-corrected chi connectivity index (χ1v) is 2.63. The maximum absolute atomic E-state index is 3.85. The molecule has 10 heavy (non-hydrogen) atoms. The molecule has 0 aliphatic heterocycles. The molecule has 0 unspecified atom stereocenters. The Kier molecular flexibility index (Phi) is 1.00. The summed E-state index contributed by atoms with van der Waals surface area (Å²) < 4.78 is 0. The fraction of sp³-hybridized carbons (Fsp3) is 0. The lowest BCUT2D eigenvalue weighted by Crippen LogP contribution is -1.90. The third kappa shape index (κ3) is 0.680. The van der Waals surface area contributed by atoms with Crippen LogP contribution >= 0.6 is 0 Å². The van der Waals surface area contributed by atoms with E-state index in [-0.39, 0.29) is 0 Å². The molecule has 0 aromatic carbocycles. The smallest absolute Gasteiger partial charge is 0.222 e. The highest BCUT2D eigenvalue weighted by Gasteiger charge is 1.93. The Hall–Kier alpha value is -1.65. The number of hydrogen-bond donors (Lipinski definition) is 0. The van der Waals surface area contributed by atoms with E-state index in [4.69, 9.17) is 0 Å². The van der Waals surface area contributed by atoms with Gasteiger partial charge in [0.2, 0.25) is 5.65 Å². The van der Waals surface area contributed by atoms with Crippen LogP contribution < -0.4 is 0 Å². The van der Waals surface area contributed by atoms with Gasteiger partial charge in [-0.05, 0) is 0 Å². The number of hydrogen-bond acceptors (Lipinski definition) is 5. The minimum absolute atomic E-state index is 0.421. The van der Waals surface area contributed by atoms with Crippen LogP contribution in [0.25, 0.3) is 11.2 Å². The summed E-state index contributed by atoms with van der Waals surface area (Å²) in [7, 11) is 0. The highest BCUT2D eigenvalue weighted by atomic mass is 15.2. The van der Waals surface area contributed by atoms with Crippen LogP contribution in [0.15, 0.2) is 12.5 Å². The van der Waals surface area contributed by atoms with Crippen molar-refractivity contribution in [3.8, 4) is 0 Å². The van der Waals surface area contributed by atoms with Crippen molar-refractivity contribution >= 4 is 11.2 Å². The highest BCUT2D eigenvalue weighted by molar-refractivity contribution is 5.65. The zero-order valence-corrected chi connectivity index (χ0v) is 4.89. The minimum Gasteiger partial charge on any atom is -0.230 e. The monoisotopic (exact) mass is 132 g/mol. The molecule has 5 nitrogen and oxygen atoms in total. The molecule has 0 fully saturated rings. The molecule has 2 heterocycles. The van der Waals surface area contributed by atoms with Crippen LogP contribution in [0.3, 0.4) is 0 Å². The summed E-state index contributed by atoms with van der Waals surface area (Å²) >= 11 is 0. The van der Waals surface area contributed by atoms with E-state index in [2.05, 4.69) is 31.4 Å². The van der Waals surface area contributed by atoms with Gasteiger partial charge in [-0.3, -0.25) is 0 Å². The van der Waals surface area contributed by atoms with E-state index < -0.39 is 0 Å². The van der Waals surface area contributed by atoms with Gasteiger partial charge in [-0.2, -0.15) is 5.10 Å². The van der Waals surface area contributed by atoms with Crippen molar-refractivity contribution in [2.24, 2.45) is 0 Å². The lowest BCUT2D eigenvalue weighted by atomic mass is 10.5. The van der Waals surface area contributed by atoms with E-state index >= 15 is 0 Å². The molecule has 2 aromatic heterocycles. The Morgan fingerprint density at radius 3 is 3.00 bits per heavy atom. The van der Waals surface area contributed by atoms with E-state index in [1.165, 1.54) is 12.5 Å². The SMILES string of the molecule is [c]1cnnc2nncnc12. The van der Waals surface area contributed by atoms with Crippen LogP contribution in [-0.4, -0.2) is 25.4 Å². The van der Waals surface area contributed by atoms with Crippen molar-refractivity contribution in [3.63, 3.8) is 0 Å². The summed E-state index contributed by atoms with van der Waals surface area (Å²) in [4.78, 5) is 3.85. The van der Waals surface area contributed by atoms with Crippen molar-refractivity contribution in [2.45, 2.75) is 0 Å². The van der Waals surface area contributed by atoms with Gasteiger partial charge >= 0.3 is 0 Å². The van der Waals surface area contributed by atoms with Crippen molar-refractivity contribution in [1.82, 2.24) is 25.4 Å². The van der Waals surface area contributed by atoms with E-state index in [1.54, 1.807) is 0 Å². The Balaban J connectivity index is 2.89. The molecule has 5 heteroatoms. The molecule has 0 N–H and O–H groups in total. The first kappa shape index (κ1) is 5.16. The summed E-state index contributed by atoms with van der Waals surface area (Å²) in [5.41, 5.74) is 1.01. The molecule has 0 bridgehead atoms. The molecular weight excluding hydrogens is 130 g/mol. The van der Waals surface area contributed by atoms with Gasteiger partial charge in [0.15, 0.2) is 0 Å². The molecule has 0 saturated heterocycles. The molecule has 0 saturated carbocycles. The van der Waals surface area contributed by atoms with E-state index in [0.717, 1.165) is 0 Å². The number of fused-ring (bicyclic) bond motifs is 1. The highest BCUT2D eigenvalue weighted by Crippen LogP contribution is 1.96. The van der Waals surface area contributed by atoms with Crippen molar-refractivity contribution in [1.29, 1.82) is 0 Å². The molecule has 1 radical (unpaired) electrons. The van der Waals surface area contributed by atoms with Crippen LogP contribution in [0, 0.1) is 6.07 Å². The molecule has 47 valence electrons. The molecule has 2 aromatic rings. The van der Waals surface area contributed by atoms with E-state index in [1.807, 2.05) is 0 Å². The number of aromatic nitrogens is 5. The average molecular weight is 132 g/mol. The van der Waals surface area contributed by atoms with Gasteiger partial charge in [0.25, 0.3) is 0 Å². The lowest BCUT2D eigenvalue weighted by molar-refractivity contribution is 0.955. The van der Waals surface area contributed by atoms with Gasteiger partial charge in [-0.25, -0.2) is 4.98 Å². The predicted molar refractivity (Wildman–Crippen MR) is 31.8 cm³/mol. The van der Waals surface area contributed by atoms with Gasteiger partial charge in [0.1, 0.15) is 11.8 Å². The first-order valence-electron chi connectivity index (χ1n) is 2.63. The molecule has 2 rings (SSSR count). The normalized spacial score (nSPS) is 10.0. The quantitative estimate of drug-likeness (QED) is 0.488. The molecule has 0 aliphatic rings. The lowest BCUT2D eigenvalue weighted by Gasteiger charge is -1.86. The Morgan fingerprint density at radius 1 is 1.20 bits per heavy atom. The first-order chi connectivity index (χ1) is 4.97. The zero-order valence-electron chi connectivity index (χ0n) is 4.89. The maximum atomic E-state index is 3.85. The fourth-order valence-electron chi connectivity index (χ4n) is 0.612. The molecular formula is C5H2N5. The van der Waals surface area contributed by atoms with E-state index in [0.29, 0.717) is 11.2 Å². The zero-order chi connectivity index (χ0) is 6.81. The number of rotatable bonds is 0. The van der Waals surface area contributed by atoms with Crippen molar-refractivity contribution in [2.75, 3.05) is 0 Å². The largest absolute Gasteiger partial charge is 0.230 e. The molecule has 0 amide bonds. The third-order valence-corrected chi connectivity index (χ3v) is 1.01. The van der Waals surface area contributed by atoms with Crippen LogP contribution in [0.1, 0.15) is 0 Å². The van der Waals surface area contributed by atoms with Crippen LogP contribution in [0.4, 0.5) is 0 Å². The van der Waals surface area contributed by atoms with E-state index in [9.17, 15) is 0 Å². The van der Waals surface area contributed by atoms with Crippen molar-refractivity contribution in [3.05, 3.63) is 18.6 Å². The topological polar surface area (TPSA) is 64.5 Å². The van der Waals surface area contributed by atoms with Crippen LogP contribution in [0.5, 0.6) is 0 Å². The third-order valence-electron chi connectivity index (χ3n) is 1.01. The second kappa shape index (κ2) is 1.94.